The molecule has 0 bridgehead atoms. The van der Waals surface area contributed by atoms with Crippen LogP contribution in [-0.4, -0.2) is 21.6 Å². The van der Waals surface area contributed by atoms with Crippen LogP contribution in [0.2, 0.25) is 0 Å². The van der Waals surface area contributed by atoms with Crippen molar-refractivity contribution < 1.29 is 13.2 Å². The van der Waals surface area contributed by atoms with Crippen LogP contribution in [0.25, 0.3) is 0 Å². The fourth-order valence-corrected chi connectivity index (χ4v) is 2.90. The van der Waals surface area contributed by atoms with Gasteiger partial charge in [0.25, 0.3) is 0 Å². The SMILES string of the molecule is N#Cc1ccccc1S(=O)(=O)NCCOc1ccccc1. The molecule has 0 unspecified atom stereocenters. The molecular weight excluding hydrogens is 288 g/mol. The van der Waals surface area contributed by atoms with Crippen LogP contribution in [0.4, 0.5) is 0 Å². The summed E-state index contributed by atoms with van der Waals surface area (Å²) in [6.07, 6.45) is 0. The fourth-order valence-electron chi connectivity index (χ4n) is 1.73. The molecule has 0 saturated heterocycles. The molecule has 0 aromatic heterocycles. The first kappa shape index (κ1) is 15.0. The normalized spacial score (nSPS) is 10.8. The van der Waals surface area contributed by atoms with E-state index >= 15 is 0 Å². The predicted octanol–water partition coefficient (Wildman–Crippen LogP) is 1.92. The highest BCUT2D eigenvalue weighted by Gasteiger charge is 2.17. The molecule has 0 aliphatic rings. The number of para-hydroxylation sites is 1. The Hall–Kier alpha value is -2.36. The number of sulfonamides is 1. The third kappa shape index (κ3) is 4.05. The zero-order valence-corrected chi connectivity index (χ0v) is 12.0. The Bertz CT molecular complexity index is 737. The lowest BCUT2D eigenvalue weighted by Gasteiger charge is -2.09. The Morgan fingerprint density at radius 1 is 1.05 bits per heavy atom. The molecule has 0 atom stereocenters. The van der Waals surface area contributed by atoms with Gasteiger partial charge in [-0.15, -0.1) is 0 Å². The van der Waals surface area contributed by atoms with Gasteiger partial charge in [0.1, 0.15) is 18.4 Å². The van der Waals surface area contributed by atoms with Gasteiger partial charge in [-0.1, -0.05) is 30.3 Å². The van der Waals surface area contributed by atoms with Crippen molar-refractivity contribution in [2.45, 2.75) is 4.90 Å². The van der Waals surface area contributed by atoms with Gasteiger partial charge in [-0.2, -0.15) is 5.26 Å². The molecule has 0 amide bonds. The zero-order chi connectivity index (χ0) is 15.1. The predicted molar refractivity (Wildman–Crippen MR) is 78.3 cm³/mol. The van der Waals surface area contributed by atoms with Crippen LogP contribution < -0.4 is 9.46 Å². The second kappa shape index (κ2) is 6.88. The maximum Gasteiger partial charge on any atom is 0.242 e. The average Bonchev–Trinajstić information content (AvgIpc) is 2.52. The van der Waals surface area contributed by atoms with E-state index in [0.29, 0.717) is 5.75 Å². The Morgan fingerprint density at radius 3 is 2.43 bits per heavy atom. The highest BCUT2D eigenvalue weighted by atomic mass is 32.2. The average molecular weight is 302 g/mol. The van der Waals surface area contributed by atoms with Crippen molar-refractivity contribution >= 4 is 10.0 Å². The molecule has 0 fully saturated rings. The number of hydrogen-bond acceptors (Lipinski definition) is 4. The van der Waals surface area contributed by atoms with E-state index in [4.69, 9.17) is 10.00 Å². The van der Waals surface area contributed by atoms with Crippen molar-refractivity contribution in [3.8, 4) is 11.8 Å². The summed E-state index contributed by atoms with van der Waals surface area (Å²) in [7, 11) is -3.71. The van der Waals surface area contributed by atoms with Gasteiger partial charge in [-0.3, -0.25) is 0 Å². The number of nitrogens with zero attached hydrogens (tertiary/aromatic N) is 1. The summed E-state index contributed by atoms with van der Waals surface area (Å²) in [5, 5.41) is 8.94. The van der Waals surface area contributed by atoms with Crippen molar-refractivity contribution in [3.63, 3.8) is 0 Å². The molecule has 5 nitrogen and oxygen atoms in total. The standard InChI is InChI=1S/C15H14N2O3S/c16-12-13-6-4-5-9-15(13)21(18,19)17-10-11-20-14-7-2-1-3-8-14/h1-9,17H,10-11H2. The highest BCUT2D eigenvalue weighted by molar-refractivity contribution is 7.89. The maximum atomic E-state index is 12.1. The summed E-state index contributed by atoms with van der Waals surface area (Å²) in [5.41, 5.74) is 0.119. The molecule has 2 rings (SSSR count). The molecule has 6 heteroatoms. The lowest BCUT2D eigenvalue weighted by atomic mass is 10.2. The van der Waals surface area contributed by atoms with Gasteiger partial charge in [0, 0.05) is 6.54 Å². The molecule has 0 heterocycles. The van der Waals surface area contributed by atoms with Crippen LogP contribution in [0, 0.1) is 11.3 Å². The molecule has 21 heavy (non-hydrogen) atoms. The third-order valence-electron chi connectivity index (χ3n) is 2.70. The third-order valence-corrected chi connectivity index (χ3v) is 4.22. The topological polar surface area (TPSA) is 79.2 Å². The van der Waals surface area contributed by atoms with E-state index in [2.05, 4.69) is 4.72 Å². The number of hydrogen-bond donors (Lipinski definition) is 1. The molecule has 0 aliphatic carbocycles. The molecular formula is C15H14N2O3S. The number of ether oxygens (including phenoxy) is 1. The van der Waals surface area contributed by atoms with E-state index in [1.165, 1.54) is 12.1 Å². The summed E-state index contributed by atoms with van der Waals surface area (Å²) in [6, 6.07) is 17.1. The summed E-state index contributed by atoms with van der Waals surface area (Å²) in [6.45, 7) is 0.328. The lowest BCUT2D eigenvalue weighted by Crippen LogP contribution is -2.28. The van der Waals surface area contributed by atoms with E-state index in [1.807, 2.05) is 24.3 Å². The van der Waals surface area contributed by atoms with Crippen LogP contribution in [-0.2, 0) is 10.0 Å². The van der Waals surface area contributed by atoms with Crippen LogP contribution >= 0.6 is 0 Å². The quantitative estimate of drug-likeness (QED) is 0.827. The molecule has 0 saturated carbocycles. The van der Waals surface area contributed by atoms with Gasteiger partial charge in [0.2, 0.25) is 10.0 Å². The second-order valence-electron chi connectivity index (χ2n) is 4.17. The Balaban J connectivity index is 1.95. The number of benzene rings is 2. The van der Waals surface area contributed by atoms with Crippen LogP contribution in [0.3, 0.4) is 0 Å². The van der Waals surface area contributed by atoms with Crippen molar-refractivity contribution in [2.24, 2.45) is 0 Å². The van der Waals surface area contributed by atoms with E-state index in [0.717, 1.165) is 0 Å². The molecule has 2 aromatic rings. The number of rotatable bonds is 6. The molecule has 2 aromatic carbocycles. The molecule has 108 valence electrons. The van der Waals surface area contributed by atoms with Gasteiger partial charge in [-0.05, 0) is 24.3 Å². The van der Waals surface area contributed by atoms with Crippen molar-refractivity contribution in [1.29, 1.82) is 5.26 Å². The Kier molecular flexibility index (Phi) is 4.93. The van der Waals surface area contributed by atoms with Crippen LogP contribution in [0.15, 0.2) is 59.5 Å². The summed E-state index contributed by atoms with van der Waals surface area (Å²) < 4.78 is 32.0. The molecule has 0 radical (unpaired) electrons. The van der Waals surface area contributed by atoms with Crippen molar-refractivity contribution in [3.05, 3.63) is 60.2 Å². The molecule has 0 spiro atoms. The maximum absolute atomic E-state index is 12.1. The minimum absolute atomic E-state index is 0.0211. The molecule has 0 aliphatic heterocycles. The van der Waals surface area contributed by atoms with E-state index in [-0.39, 0.29) is 23.6 Å². The van der Waals surface area contributed by atoms with E-state index in [1.54, 1.807) is 24.3 Å². The van der Waals surface area contributed by atoms with Gasteiger partial charge < -0.3 is 4.74 Å². The summed E-state index contributed by atoms with van der Waals surface area (Å²) in [5.74, 6) is 0.675. The van der Waals surface area contributed by atoms with Gasteiger partial charge in [-0.25, -0.2) is 13.1 Å². The smallest absolute Gasteiger partial charge is 0.242 e. The Labute approximate surface area is 123 Å². The van der Waals surface area contributed by atoms with Gasteiger partial charge in [0.15, 0.2) is 0 Å². The monoisotopic (exact) mass is 302 g/mol. The zero-order valence-electron chi connectivity index (χ0n) is 11.2. The highest BCUT2D eigenvalue weighted by Crippen LogP contribution is 2.14. The van der Waals surface area contributed by atoms with E-state index < -0.39 is 10.0 Å². The second-order valence-corrected chi connectivity index (χ2v) is 5.90. The van der Waals surface area contributed by atoms with Crippen LogP contribution in [0.5, 0.6) is 5.75 Å². The minimum atomic E-state index is -3.71. The Morgan fingerprint density at radius 2 is 1.71 bits per heavy atom. The van der Waals surface area contributed by atoms with Crippen molar-refractivity contribution in [2.75, 3.05) is 13.2 Å². The minimum Gasteiger partial charge on any atom is -0.492 e. The van der Waals surface area contributed by atoms with Crippen LogP contribution in [0.1, 0.15) is 5.56 Å². The summed E-state index contributed by atoms with van der Waals surface area (Å²) >= 11 is 0. The number of nitrogens with one attached hydrogen (secondary N) is 1. The van der Waals surface area contributed by atoms with Gasteiger partial charge in [0.05, 0.1) is 10.5 Å². The fraction of sp³-hybridized carbons (Fsp3) is 0.133. The van der Waals surface area contributed by atoms with Crippen molar-refractivity contribution in [1.82, 2.24) is 4.72 Å². The lowest BCUT2D eigenvalue weighted by molar-refractivity contribution is 0.323. The largest absolute Gasteiger partial charge is 0.492 e. The first-order chi connectivity index (χ1) is 10.1. The first-order valence-electron chi connectivity index (χ1n) is 6.30. The number of nitriles is 1. The van der Waals surface area contributed by atoms with E-state index in [9.17, 15) is 8.42 Å². The first-order valence-corrected chi connectivity index (χ1v) is 7.78. The van der Waals surface area contributed by atoms with Gasteiger partial charge >= 0.3 is 0 Å². The molecule has 1 N–H and O–H groups in total. The summed E-state index contributed by atoms with van der Waals surface area (Å²) in [4.78, 5) is -0.0211.